The highest BCUT2D eigenvalue weighted by molar-refractivity contribution is 5.86. The van der Waals surface area contributed by atoms with E-state index in [0.29, 0.717) is 37.7 Å². The molecule has 1 aliphatic carbocycles. The van der Waals surface area contributed by atoms with E-state index in [2.05, 4.69) is 31.3 Å². The lowest BCUT2D eigenvalue weighted by molar-refractivity contribution is -0.144. The zero-order valence-electron chi connectivity index (χ0n) is 15.0. The minimum atomic E-state index is -0.767. The van der Waals surface area contributed by atoms with Crippen LogP contribution >= 0.6 is 0 Å². The molecule has 2 aliphatic rings. The van der Waals surface area contributed by atoms with Gasteiger partial charge < -0.3 is 10.2 Å². The maximum Gasteiger partial charge on any atom is 0.243 e. The summed E-state index contributed by atoms with van der Waals surface area (Å²) in [5, 5.41) is 12.5. The van der Waals surface area contributed by atoms with Crippen molar-refractivity contribution in [2.75, 3.05) is 18.4 Å². The number of carbonyl (C=O) groups excluding carboxylic acids is 1. The van der Waals surface area contributed by atoms with E-state index in [0.717, 1.165) is 25.0 Å². The molecule has 4 rings (SSSR count). The number of nitrogens with zero attached hydrogens (tertiary/aromatic N) is 6. The summed E-state index contributed by atoms with van der Waals surface area (Å²) in [4.78, 5) is 31.9. The number of rotatable bonds is 4. The second-order valence-electron chi connectivity index (χ2n) is 7.10. The number of amides is 1. The van der Waals surface area contributed by atoms with Crippen molar-refractivity contribution >= 4 is 17.7 Å². The number of likely N-dealkylation sites (tertiary alicyclic amines) is 1. The highest BCUT2D eigenvalue weighted by atomic mass is 16.2. The molecule has 1 N–H and O–H groups in total. The van der Waals surface area contributed by atoms with E-state index in [1.807, 2.05) is 4.90 Å². The lowest BCUT2D eigenvalue weighted by atomic mass is 9.68. The van der Waals surface area contributed by atoms with Crippen LogP contribution in [0.4, 0.5) is 11.8 Å². The Morgan fingerprint density at radius 1 is 1.11 bits per heavy atom. The molecule has 8 nitrogen and oxygen atoms in total. The van der Waals surface area contributed by atoms with Gasteiger partial charge in [0, 0.05) is 43.8 Å². The molecular formula is C19H21N7O. The van der Waals surface area contributed by atoms with Crippen LogP contribution < -0.4 is 5.32 Å². The zero-order chi connectivity index (χ0) is 18.7. The molecule has 138 valence electrons. The summed E-state index contributed by atoms with van der Waals surface area (Å²) in [7, 11) is 0. The van der Waals surface area contributed by atoms with Crippen molar-refractivity contribution < 1.29 is 4.79 Å². The maximum atomic E-state index is 12.7. The van der Waals surface area contributed by atoms with Crippen molar-refractivity contribution in [1.82, 2.24) is 24.8 Å². The van der Waals surface area contributed by atoms with E-state index in [-0.39, 0.29) is 11.8 Å². The summed E-state index contributed by atoms with van der Waals surface area (Å²) < 4.78 is 0. The second-order valence-corrected chi connectivity index (χ2v) is 7.10. The van der Waals surface area contributed by atoms with E-state index in [1.54, 1.807) is 30.9 Å². The summed E-state index contributed by atoms with van der Waals surface area (Å²) in [6.45, 7) is 1.29. The number of carbonyl (C=O) groups is 1. The van der Waals surface area contributed by atoms with Crippen molar-refractivity contribution in [3.8, 4) is 6.07 Å². The number of hydrogen-bond acceptors (Lipinski definition) is 7. The van der Waals surface area contributed by atoms with Gasteiger partial charge in [0.05, 0.1) is 11.8 Å². The fourth-order valence-electron chi connectivity index (χ4n) is 3.78. The van der Waals surface area contributed by atoms with Gasteiger partial charge in [-0.3, -0.25) is 9.78 Å². The quantitative estimate of drug-likeness (QED) is 0.888. The van der Waals surface area contributed by atoms with Crippen LogP contribution in [0.15, 0.2) is 30.9 Å². The van der Waals surface area contributed by atoms with Crippen molar-refractivity contribution in [1.29, 1.82) is 5.26 Å². The normalized spacial score (nSPS) is 19.0. The lowest BCUT2D eigenvalue weighted by Gasteiger charge is -2.40. The van der Waals surface area contributed by atoms with Crippen LogP contribution in [0, 0.1) is 16.7 Å². The fourth-order valence-corrected chi connectivity index (χ4v) is 3.78. The van der Waals surface area contributed by atoms with Crippen LogP contribution in [0.2, 0.25) is 0 Å². The average Bonchev–Trinajstić information content (AvgIpc) is 2.69. The molecule has 1 saturated heterocycles. The number of piperidine rings is 1. The average molecular weight is 363 g/mol. The number of nitriles is 1. The highest BCUT2D eigenvalue weighted by Crippen LogP contribution is 2.43. The van der Waals surface area contributed by atoms with Crippen molar-refractivity contribution in [2.24, 2.45) is 5.41 Å². The Bertz CT molecular complexity index is 852. The number of hydrogen-bond donors (Lipinski definition) is 1. The summed E-state index contributed by atoms with van der Waals surface area (Å²) in [6.07, 6.45) is 10.6. The third kappa shape index (κ3) is 3.33. The van der Waals surface area contributed by atoms with Crippen LogP contribution in [0.25, 0.3) is 0 Å². The molecule has 0 aromatic carbocycles. The molecule has 0 unspecified atom stereocenters. The summed E-state index contributed by atoms with van der Waals surface area (Å²) in [5.41, 5.74) is 0.104. The first-order valence-electron chi connectivity index (χ1n) is 9.27. The smallest absolute Gasteiger partial charge is 0.243 e. The maximum absolute atomic E-state index is 12.7. The van der Waals surface area contributed by atoms with E-state index in [1.165, 1.54) is 0 Å². The summed E-state index contributed by atoms with van der Waals surface area (Å²) >= 11 is 0. The molecule has 2 aromatic heterocycles. The van der Waals surface area contributed by atoms with Crippen molar-refractivity contribution in [2.45, 2.75) is 38.0 Å². The van der Waals surface area contributed by atoms with Crippen LogP contribution in [0.3, 0.4) is 0 Å². The largest absolute Gasteiger partial charge is 0.341 e. The summed E-state index contributed by atoms with van der Waals surface area (Å²) in [5.74, 6) is 1.34. The van der Waals surface area contributed by atoms with Gasteiger partial charge in [-0.05, 0) is 38.2 Å². The van der Waals surface area contributed by atoms with Gasteiger partial charge in [0.15, 0.2) is 5.82 Å². The molecule has 1 saturated carbocycles. The minimum Gasteiger partial charge on any atom is -0.341 e. The van der Waals surface area contributed by atoms with Crippen LogP contribution in [0.1, 0.15) is 43.7 Å². The first kappa shape index (κ1) is 17.3. The predicted molar refractivity (Wildman–Crippen MR) is 97.8 cm³/mol. The third-order valence-corrected chi connectivity index (χ3v) is 5.52. The SMILES string of the molecule is N#CC1(C(=O)N2CCC(c3nccnc3Nc3ncccn3)CC2)CCC1. The van der Waals surface area contributed by atoms with E-state index >= 15 is 0 Å². The van der Waals surface area contributed by atoms with Gasteiger partial charge in [0.1, 0.15) is 5.41 Å². The highest BCUT2D eigenvalue weighted by Gasteiger charge is 2.47. The molecule has 0 radical (unpaired) electrons. The van der Waals surface area contributed by atoms with Gasteiger partial charge in [0.25, 0.3) is 0 Å². The van der Waals surface area contributed by atoms with Crippen molar-refractivity contribution in [3.05, 3.63) is 36.5 Å². The molecule has 27 heavy (non-hydrogen) atoms. The topological polar surface area (TPSA) is 108 Å². The molecule has 0 bridgehead atoms. The molecule has 0 spiro atoms. The Kier molecular flexibility index (Phi) is 4.67. The van der Waals surface area contributed by atoms with Gasteiger partial charge in [-0.15, -0.1) is 0 Å². The number of anilines is 2. The Hall–Kier alpha value is -3.08. The van der Waals surface area contributed by atoms with Gasteiger partial charge in [0.2, 0.25) is 11.9 Å². The van der Waals surface area contributed by atoms with Gasteiger partial charge in [-0.2, -0.15) is 5.26 Å². The molecular weight excluding hydrogens is 342 g/mol. The monoisotopic (exact) mass is 363 g/mol. The van der Waals surface area contributed by atoms with Gasteiger partial charge in [-0.1, -0.05) is 0 Å². The summed E-state index contributed by atoms with van der Waals surface area (Å²) in [6, 6.07) is 4.01. The zero-order valence-corrected chi connectivity index (χ0v) is 15.0. The van der Waals surface area contributed by atoms with Gasteiger partial charge in [-0.25, -0.2) is 15.0 Å². The van der Waals surface area contributed by atoms with Crippen LogP contribution in [-0.2, 0) is 4.79 Å². The molecule has 2 fully saturated rings. The van der Waals surface area contributed by atoms with E-state index < -0.39 is 5.41 Å². The van der Waals surface area contributed by atoms with Crippen LogP contribution in [-0.4, -0.2) is 43.8 Å². The van der Waals surface area contributed by atoms with Crippen LogP contribution in [0.5, 0.6) is 0 Å². The van der Waals surface area contributed by atoms with Gasteiger partial charge >= 0.3 is 0 Å². The fraction of sp³-hybridized carbons (Fsp3) is 0.474. The predicted octanol–water partition coefficient (Wildman–Crippen LogP) is 2.41. The molecule has 1 aliphatic heterocycles. The van der Waals surface area contributed by atoms with Crippen molar-refractivity contribution in [3.63, 3.8) is 0 Å². The Balaban J connectivity index is 1.44. The number of aromatic nitrogens is 4. The molecule has 3 heterocycles. The Morgan fingerprint density at radius 3 is 2.44 bits per heavy atom. The molecule has 2 aromatic rings. The van der Waals surface area contributed by atoms with E-state index in [4.69, 9.17) is 0 Å². The second kappa shape index (κ2) is 7.27. The lowest BCUT2D eigenvalue weighted by Crippen LogP contribution is -2.49. The minimum absolute atomic E-state index is 0.00452. The molecule has 8 heteroatoms. The first-order valence-corrected chi connectivity index (χ1v) is 9.27. The Morgan fingerprint density at radius 2 is 1.81 bits per heavy atom. The van der Waals surface area contributed by atoms with E-state index in [9.17, 15) is 10.1 Å². The molecule has 0 atom stereocenters. The first-order chi connectivity index (χ1) is 13.2. The molecule has 1 amide bonds. The number of nitrogens with one attached hydrogen (secondary N) is 1. The standard InChI is InChI=1S/C19H21N7O/c20-13-19(5-1-6-19)17(27)26-11-3-14(4-12-26)15-16(22-10-9-21-15)25-18-23-7-2-8-24-18/h2,7-10,14H,1,3-6,11-12H2,(H,22,23,24,25). The third-order valence-electron chi connectivity index (χ3n) is 5.52. The Labute approximate surface area is 157 Å².